The third-order valence-electron chi connectivity index (χ3n) is 3.75. The summed E-state index contributed by atoms with van der Waals surface area (Å²) in [5, 5.41) is 9.20. The number of rotatable bonds is 7. The van der Waals surface area contributed by atoms with Crippen molar-refractivity contribution >= 4 is 17.9 Å². The predicted molar refractivity (Wildman–Crippen MR) is 74.4 cm³/mol. The lowest BCUT2D eigenvalue weighted by molar-refractivity contribution is -0.162. The molecule has 0 radical (unpaired) electrons. The van der Waals surface area contributed by atoms with E-state index in [9.17, 15) is 19.5 Å². The molecule has 0 amide bonds. The SMILES string of the molecule is C=CC(=O)OCCCOC(=O)C1C(C)CCCC1C(=O)O. The molecule has 1 aliphatic rings. The van der Waals surface area contributed by atoms with Crippen LogP contribution in [0.4, 0.5) is 0 Å². The number of carbonyl (C=O) groups excluding carboxylic acids is 2. The molecule has 6 nitrogen and oxygen atoms in total. The molecular formula is C15H22O6. The minimum absolute atomic E-state index is 0.00550. The standard InChI is InChI=1S/C15H22O6/c1-3-12(16)20-8-5-9-21-15(19)13-10(2)6-4-7-11(13)14(17)18/h3,10-11,13H,1,4-9H2,2H3,(H,17,18). The predicted octanol–water partition coefficient (Wildman–Crippen LogP) is 1.79. The van der Waals surface area contributed by atoms with E-state index >= 15 is 0 Å². The zero-order valence-corrected chi connectivity index (χ0v) is 12.2. The Morgan fingerprint density at radius 3 is 2.52 bits per heavy atom. The highest BCUT2D eigenvalue weighted by atomic mass is 16.5. The van der Waals surface area contributed by atoms with Gasteiger partial charge in [-0.1, -0.05) is 19.9 Å². The van der Waals surface area contributed by atoms with Crippen LogP contribution in [0.5, 0.6) is 0 Å². The second-order valence-corrected chi connectivity index (χ2v) is 5.27. The molecule has 0 aromatic rings. The minimum Gasteiger partial charge on any atom is -0.481 e. The number of ether oxygens (including phenoxy) is 2. The van der Waals surface area contributed by atoms with Crippen LogP contribution in [0.25, 0.3) is 0 Å². The number of hydrogen-bond acceptors (Lipinski definition) is 5. The van der Waals surface area contributed by atoms with Crippen LogP contribution in [-0.4, -0.2) is 36.2 Å². The molecule has 0 saturated heterocycles. The van der Waals surface area contributed by atoms with Crippen molar-refractivity contribution in [3.05, 3.63) is 12.7 Å². The Balaban J connectivity index is 2.39. The van der Waals surface area contributed by atoms with Crippen LogP contribution in [0.1, 0.15) is 32.6 Å². The van der Waals surface area contributed by atoms with E-state index in [1.54, 1.807) is 0 Å². The second kappa shape index (κ2) is 8.44. The van der Waals surface area contributed by atoms with Crippen molar-refractivity contribution in [2.75, 3.05) is 13.2 Å². The highest BCUT2D eigenvalue weighted by Crippen LogP contribution is 2.35. The van der Waals surface area contributed by atoms with Crippen molar-refractivity contribution in [1.29, 1.82) is 0 Å². The summed E-state index contributed by atoms with van der Waals surface area (Å²) in [7, 11) is 0. The largest absolute Gasteiger partial charge is 0.481 e. The van der Waals surface area contributed by atoms with E-state index in [-0.39, 0.29) is 19.1 Å². The first-order valence-electron chi connectivity index (χ1n) is 7.16. The number of aliphatic carboxylic acids is 1. The number of carboxylic acids is 1. The van der Waals surface area contributed by atoms with E-state index in [2.05, 4.69) is 6.58 Å². The molecule has 0 spiro atoms. The molecule has 1 fully saturated rings. The molecule has 6 heteroatoms. The number of carbonyl (C=O) groups is 3. The lowest BCUT2D eigenvalue weighted by Gasteiger charge is -2.32. The van der Waals surface area contributed by atoms with Gasteiger partial charge in [-0.2, -0.15) is 0 Å². The first kappa shape index (κ1) is 17.2. The summed E-state index contributed by atoms with van der Waals surface area (Å²) in [4.78, 5) is 34.1. The van der Waals surface area contributed by atoms with Crippen molar-refractivity contribution in [3.63, 3.8) is 0 Å². The molecule has 3 unspecified atom stereocenters. The molecular weight excluding hydrogens is 276 g/mol. The van der Waals surface area contributed by atoms with Crippen molar-refractivity contribution < 1.29 is 29.0 Å². The topological polar surface area (TPSA) is 89.9 Å². The summed E-state index contributed by atoms with van der Waals surface area (Å²) in [5.41, 5.74) is 0. The van der Waals surface area contributed by atoms with Crippen LogP contribution in [0.2, 0.25) is 0 Å². The fourth-order valence-electron chi connectivity index (χ4n) is 2.65. The smallest absolute Gasteiger partial charge is 0.330 e. The van der Waals surface area contributed by atoms with Crippen molar-refractivity contribution in [3.8, 4) is 0 Å². The molecule has 0 aliphatic heterocycles. The number of hydrogen-bond donors (Lipinski definition) is 1. The Morgan fingerprint density at radius 2 is 1.90 bits per heavy atom. The Kier molecular flexibility index (Phi) is 6.91. The second-order valence-electron chi connectivity index (χ2n) is 5.27. The van der Waals surface area contributed by atoms with Gasteiger partial charge < -0.3 is 14.6 Å². The summed E-state index contributed by atoms with van der Waals surface area (Å²) in [5.74, 6) is -3.18. The van der Waals surface area contributed by atoms with Gasteiger partial charge in [0.1, 0.15) is 0 Å². The van der Waals surface area contributed by atoms with E-state index in [1.165, 1.54) is 0 Å². The van der Waals surface area contributed by atoms with Gasteiger partial charge in [-0.05, 0) is 18.8 Å². The van der Waals surface area contributed by atoms with Gasteiger partial charge >= 0.3 is 17.9 Å². The van der Waals surface area contributed by atoms with Crippen LogP contribution in [0.3, 0.4) is 0 Å². The Bertz CT molecular complexity index is 403. The van der Waals surface area contributed by atoms with E-state index in [0.29, 0.717) is 12.8 Å². The van der Waals surface area contributed by atoms with Crippen molar-refractivity contribution in [2.45, 2.75) is 32.6 Å². The first-order valence-corrected chi connectivity index (χ1v) is 7.16. The van der Waals surface area contributed by atoms with E-state index < -0.39 is 29.7 Å². The summed E-state index contributed by atoms with van der Waals surface area (Å²) in [6.45, 7) is 5.40. The maximum absolute atomic E-state index is 12.1. The molecule has 3 atom stereocenters. The Hall–Kier alpha value is -1.85. The molecule has 0 aromatic carbocycles. The van der Waals surface area contributed by atoms with Gasteiger partial charge in [0.05, 0.1) is 25.0 Å². The van der Waals surface area contributed by atoms with Gasteiger partial charge in [0.15, 0.2) is 0 Å². The number of carboxylic acid groups (broad SMARTS) is 1. The van der Waals surface area contributed by atoms with Crippen molar-refractivity contribution in [1.82, 2.24) is 0 Å². The zero-order chi connectivity index (χ0) is 15.8. The zero-order valence-electron chi connectivity index (χ0n) is 12.2. The van der Waals surface area contributed by atoms with Gasteiger partial charge in [0.25, 0.3) is 0 Å². The molecule has 1 N–H and O–H groups in total. The quantitative estimate of drug-likeness (QED) is 0.438. The summed E-state index contributed by atoms with van der Waals surface area (Å²) in [6, 6.07) is 0. The van der Waals surface area contributed by atoms with Gasteiger partial charge in [-0.25, -0.2) is 4.79 Å². The molecule has 1 rings (SSSR count). The van der Waals surface area contributed by atoms with Crippen LogP contribution >= 0.6 is 0 Å². The molecule has 0 aromatic heterocycles. The van der Waals surface area contributed by atoms with Crippen LogP contribution < -0.4 is 0 Å². The van der Waals surface area contributed by atoms with E-state index in [1.807, 2.05) is 6.92 Å². The van der Waals surface area contributed by atoms with Gasteiger partial charge in [-0.15, -0.1) is 0 Å². The number of esters is 2. The average molecular weight is 298 g/mol. The average Bonchev–Trinajstić information content (AvgIpc) is 2.45. The van der Waals surface area contributed by atoms with Gasteiger partial charge in [-0.3, -0.25) is 9.59 Å². The van der Waals surface area contributed by atoms with Crippen LogP contribution in [0, 0.1) is 17.8 Å². The molecule has 0 heterocycles. The molecule has 0 bridgehead atoms. The van der Waals surface area contributed by atoms with Crippen LogP contribution in [-0.2, 0) is 23.9 Å². The lowest BCUT2D eigenvalue weighted by Crippen LogP contribution is -2.38. The maximum atomic E-state index is 12.1. The lowest BCUT2D eigenvalue weighted by atomic mass is 9.73. The van der Waals surface area contributed by atoms with E-state index in [4.69, 9.17) is 9.47 Å². The fraction of sp³-hybridized carbons (Fsp3) is 0.667. The summed E-state index contributed by atoms with van der Waals surface area (Å²) in [6.07, 6.45) is 3.60. The fourth-order valence-corrected chi connectivity index (χ4v) is 2.65. The maximum Gasteiger partial charge on any atom is 0.330 e. The van der Waals surface area contributed by atoms with Crippen LogP contribution in [0.15, 0.2) is 12.7 Å². The van der Waals surface area contributed by atoms with Gasteiger partial charge in [0, 0.05) is 12.5 Å². The molecule has 1 saturated carbocycles. The third-order valence-corrected chi connectivity index (χ3v) is 3.75. The Labute approximate surface area is 124 Å². The third kappa shape index (κ3) is 5.21. The highest BCUT2D eigenvalue weighted by Gasteiger charge is 2.41. The Morgan fingerprint density at radius 1 is 1.24 bits per heavy atom. The first-order chi connectivity index (χ1) is 9.97. The summed E-state index contributed by atoms with van der Waals surface area (Å²) >= 11 is 0. The van der Waals surface area contributed by atoms with Gasteiger partial charge in [0.2, 0.25) is 0 Å². The minimum atomic E-state index is -0.941. The molecule has 118 valence electrons. The highest BCUT2D eigenvalue weighted by molar-refractivity contribution is 5.82. The van der Waals surface area contributed by atoms with E-state index in [0.717, 1.165) is 18.9 Å². The normalized spacial score (nSPS) is 24.9. The monoisotopic (exact) mass is 298 g/mol. The van der Waals surface area contributed by atoms with Crippen molar-refractivity contribution in [2.24, 2.45) is 17.8 Å². The summed E-state index contributed by atoms with van der Waals surface area (Å²) < 4.78 is 9.88. The molecule has 21 heavy (non-hydrogen) atoms. The molecule has 1 aliphatic carbocycles.